The highest BCUT2D eigenvalue weighted by Gasteiger charge is 2.23. The van der Waals surface area contributed by atoms with Gasteiger partial charge in [0.15, 0.2) is 6.61 Å². The zero-order valence-electron chi connectivity index (χ0n) is 15.7. The van der Waals surface area contributed by atoms with E-state index in [-0.39, 0.29) is 34.9 Å². The summed E-state index contributed by atoms with van der Waals surface area (Å²) >= 11 is 10.1. The van der Waals surface area contributed by atoms with E-state index in [1.807, 2.05) is 0 Å². The Labute approximate surface area is 186 Å². The number of hydrogen-bond acceptors (Lipinski definition) is 9. The predicted molar refractivity (Wildman–Crippen MR) is 115 cm³/mol. The van der Waals surface area contributed by atoms with Crippen LogP contribution in [0, 0.1) is 5.82 Å². The Bertz CT molecular complexity index is 1160. The van der Waals surface area contributed by atoms with Gasteiger partial charge in [-0.3, -0.25) is 0 Å². The molecule has 0 saturated carbocycles. The molecule has 0 bridgehead atoms. The summed E-state index contributed by atoms with van der Waals surface area (Å²) in [4.78, 5) is 12.7. The first-order chi connectivity index (χ1) is 15.2. The third-order valence-corrected chi connectivity index (χ3v) is 4.49. The van der Waals surface area contributed by atoms with Crippen LogP contribution in [-0.4, -0.2) is 34.8 Å². The van der Waals surface area contributed by atoms with E-state index in [0.29, 0.717) is 23.8 Å². The molecule has 0 unspecified atom stereocenters. The van der Waals surface area contributed by atoms with E-state index in [1.54, 1.807) is 48.5 Å². The second-order valence-corrected chi connectivity index (χ2v) is 6.56. The molecule has 4 rings (SSSR count). The molecule has 11 heteroatoms. The monoisotopic (exact) mass is 460 g/mol. The van der Waals surface area contributed by atoms with Gasteiger partial charge in [0.2, 0.25) is 5.82 Å². The summed E-state index contributed by atoms with van der Waals surface area (Å²) in [5.41, 5.74) is 0.689. The highest BCUT2D eigenvalue weighted by atomic mass is 35.5. The van der Waals surface area contributed by atoms with E-state index < -0.39 is 5.82 Å². The van der Waals surface area contributed by atoms with Crippen molar-refractivity contribution in [2.24, 2.45) is 9.55 Å². The summed E-state index contributed by atoms with van der Waals surface area (Å²) in [7, 11) is 0. The van der Waals surface area contributed by atoms with Gasteiger partial charge >= 0.3 is 0 Å². The number of para-hydroxylation sites is 2. The van der Waals surface area contributed by atoms with Crippen LogP contribution in [0.3, 0.4) is 0 Å². The van der Waals surface area contributed by atoms with E-state index in [4.69, 9.17) is 30.6 Å². The summed E-state index contributed by atoms with van der Waals surface area (Å²) in [6.07, 6.45) is 1.11. The van der Waals surface area contributed by atoms with Gasteiger partial charge in [-0.1, -0.05) is 35.9 Å². The minimum Gasteiger partial charge on any atom is -0.470 e. The summed E-state index contributed by atoms with van der Waals surface area (Å²) < 4.78 is 35.6. The van der Waals surface area contributed by atoms with Gasteiger partial charge in [0, 0.05) is 5.56 Å². The maximum absolute atomic E-state index is 15.0. The van der Waals surface area contributed by atoms with E-state index in [9.17, 15) is 0 Å². The fraction of sp³-hybridized carbons (Fsp3) is 0.100. The van der Waals surface area contributed by atoms with Gasteiger partial charge in [-0.25, -0.2) is 4.40 Å². The first-order valence-electron chi connectivity index (χ1n) is 8.92. The number of benzene rings is 2. The molecule has 0 amide bonds. The van der Waals surface area contributed by atoms with Crippen LogP contribution >= 0.6 is 24.4 Å². The van der Waals surface area contributed by atoms with Crippen LogP contribution in [0.2, 0.25) is 5.02 Å². The maximum Gasteiger partial charge on any atom is 0.278 e. The average molecular weight is 461 g/mol. The van der Waals surface area contributed by atoms with E-state index in [0.717, 1.165) is 6.33 Å². The Hall–Kier alpha value is -3.37. The zero-order chi connectivity index (χ0) is 21.6. The third kappa shape index (κ3) is 4.70. The fourth-order valence-corrected chi connectivity index (χ4v) is 2.97. The van der Waals surface area contributed by atoms with Gasteiger partial charge < -0.3 is 19.0 Å². The Kier molecular flexibility index (Phi) is 6.48. The lowest BCUT2D eigenvalue weighted by molar-refractivity contribution is 0.0676. The van der Waals surface area contributed by atoms with Crippen LogP contribution in [0.5, 0.6) is 23.3 Å². The van der Waals surface area contributed by atoms with Gasteiger partial charge in [0.25, 0.3) is 17.7 Å². The molecule has 0 saturated heterocycles. The van der Waals surface area contributed by atoms with Crippen molar-refractivity contribution in [2.75, 3.05) is 13.2 Å². The Morgan fingerprint density at radius 1 is 1.00 bits per heavy atom. The number of nitrogens with zero attached hydrogens (tertiary/aromatic N) is 4. The summed E-state index contributed by atoms with van der Waals surface area (Å²) in [6, 6.07) is 13.4. The zero-order valence-corrected chi connectivity index (χ0v) is 17.4. The number of oxime groups is 1. The van der Waals surface area contributed by atoms with Crippen LogP contribution in [0.15, 0.2) is 64.4 Å². The van der Waals surface area contributed by atoms with Crippen LogP contribution in [0.1, 0.15) is 5.56 Å². The molecule has 31 heavy (non-hydrogen) atoms. The van der Waals surface area contributed by atoms with Crippen LogP contribution in [-0.2, 0) is 9.57 Å². The first-order valence-corrected chi connectivity index (χ1v) is 9.70. The standard InChI is InChI=1S/C20H14ClFN4O4S/c21-13-6-2-4-8-15(13)30-19-16(22)18(23-11-24-19)29-14-7-3-1-5-12(14)17(26-31)20-25-28-10-9-27-20/h1-8,11,31H,9-10H2/b26-17+. The summed E-state index contributed by atoms with van der Waals surface area (Å²) in [5, 5.41) is 4.14. The number of hydrogen-bond donors (Lipinski definition) is 1. The number of ether oxygens (including phenoxy) is 3. The maximum atomic E-state index is 15.0. The van der Waals surface area contributed by atoms with Gasteiger partial charge in [-0.15, -0.1) is 0 Å². The van der Waals surface area contributed by atoms with Crippen LogP contribution in [0.4, 0.5) is 4.39 Å². The predicted octanol–water partition coefficient (Wildman–Crippen LogP) is 4.85. The number of aromatic nitrogens is 2. The normalized spacial score (nSPS) is 13.6. The average Bonchev–Trinajstić information content (AvgIpc) is 2.80. The molecule has 0 radical (unpaired) electrons. The molecule has 2 aromatic carbocycles. The lowest BCUT2D eigenvalue weighted by atomic mass is 10.1. The SMILES string of the molecule is Fc1c(Oc2ccccc2Cl)ncnc1Oc1ccccc1/C(=N\S)C1=NOCCO1. The van der Waals surface area contributed by atoms with Gasteiger partial charge in [0.1, 0.15) is 30.1 Å². The van der Waals surface area contributed by atoms with E-state index in [1.165, 1.54) is 0 Å². The lowest BCUT2D eigenvalue weighted by Gasteiger charge is -2.17. The highest BCUT2D eigenvalue weighted by Crippen LogP contribution is 2.33. The molecule has 0 spiro atoms. The van der Waals surface area contributed by atoms with E-state index in [2.05, 4.69) is 32.3 Å². The second-order valence-electron chi connectivity index (χ2n) is 5.96. The number of rotatable bonds is 6. The van der Waals surface area contributed by atoms with Crippen molar-refractivity contribution in [3.05, 3.63) is 71.3 Å². The van der Waals surface area contributed by atoms with Crippen LogP contribution in [0.25, 0.3) is 0 Å². The molecule has 1 aromatic heterocycles. The summed E-state index contributed by atoms with van der Waals surface area (Å²) in [6.45, 7) is 0.625. The highest BCUT2D eigenvalue weighted by molar-refractivity contribution is 7.79. The second kappa shape index (κ2) is 9.63. The molecular formula is C20H14ClFN4O4S. The fourth-order valence-electron chi connectivity index (χ4n) is 2.60. The van der Waals surface area contributed by atoms with Crippen molar-refractivity contribution < 1.29 is 23.4 Å². The molecule has 0 aliphatic carbocycles. The van der Waals surface area contributed by atoms with Crippen molar-refractivity contribution in [3.63, 3.8) is 0 Å². The smallest absolute Gasteiger partial charge is 0.278 e. The molecule has 0 fully saturated rings. The molecule has 0 N–H and O–H groups in total. The molecule has 3 aromatic rings. The number of halogens is 2. The lowest BCUT2D eigenvalue weighted by Crippen LogP contribution is -2.25. The minimum absolute atomic E-state index is 0.128. The molecule has 158 valence electrons. The van der Waals surface area contributed by atoms with Gasteiger partial charge in [-0.2, -0.15) is 14.4 Å². The van der Waals surface area contributed by atoms with Crippen molar-refractivity contribution >= 4 is 36.0 Å². The topological polar surface area (TPSA) is 87.4 Å². The molecule has 1 aliphatic heterocycles. The van der Waals surface area contributed by atoms with Crippen molar-refractivity contribution in [2.45, 2.75) is 0 Å². The van der Waals surface area contributed by atoms with Gasteiger partial charge in [0.05, 0.1) is 5.02 Å². The molecule has 1 aliphatic rings. The van der Waals surface area contributed by atoms with Crippen molar-refractivity contribution in [1.29, 1.82) is 0 Å². The largest absolute Gasteiger partial charge is 0.470 e. The Morgan fingerprint density at radius 3 is 2.35 bits per heavy atom. The Morgan fingerprint density at radius 2 is 1.68 bits per heavy atom. The first kappa shape index (κ1) is 20.9. The molecule has 0 atom stereocenters. The third-order valence-electron chi connectivity index (χ3n) is 3.98. The molecule has 8 nitrogen and oxygen atoms in total. The van der Waals surface area contributed by atoms with Gasteiger partial charge in [-0.05, 0) is 42.2 Å². The van der Waals surface area contributed by atoms with E-state index >= 15 is 4.39 Å². The van der Waals surface area contributed by atoms with Crippen LogP contribution < -0.4 is 9.47 Å². The summed E-state index contributed by atoms with van der Waals surface area (Å²) in [5.74, 6) is -1.00. The Balaban J connectivity index is 1.65. The number of thiol groups is 1. The molecule has 2 heterocycles. The van der Waals surface area contributed by atoms with Crippen molar-refractivity contribution in [1.82, 2.24) is 9.97 Å². The quantitative estimate of drug-likeness (QED) is 0.418. The molecular weight excluding hydrogens is 447 g/mol. The minimum atomic E-state index is -0.906. The van der Waals surface area contributed by atoms with Crippen molar-refractivity contribution in [3.8, 4) is 23.3 Å².